The van der Waals surface area contributed by atoms with E-state index in [4.69, 9.17) is 5.32 Å². The molecule has 111 valence electrons. The van der Waals surface area contributed by atoms with E-state index in [2.05, 4.69) is 27.6 Å². The molecule has 0 spiro atoms. The van der Waals surface area contributed by atoms with E-state index in [-0.39, 0.29) is 17.9 Å². The number of hydrogen-bond acceptors (Lipinski definition) is 2. The van der Waals surface area contributed by atoms with Gasteiger partial charge in [0.25, 0.3) is 0 Å². The van der Waals surface area contributed by atoms with Gasteiger partial charge >= 0.3 is 0 Å². The molecule has 22 heavy (non-hydrogen) atoms. The van der Waals surface area contributed by atoms with Crippen molar-refractivity contribution < 1.29 is 4.39 Å². The lowest BCUT2D eigenvalue weighted by molar-refractivity contribution is 0.326. The zero-order valence-corrected chi connectivity index (χ0v) is 12.0. The SMILES string of the molecule is Fc1ccc(C2NCC[N]C2c2ccc3[nH]ncc3c2)cc1. The standard InChI is InChI=1S/C17H16FN4/c18-14-4-1-11(2-5-14)16-17(20-8-7-19-16)12-3-6-15-13(9-12)10-21-22-15/h1-6,9-10,16-17,19H,7-8H2,(H,21,22). The number of nitrogens with zero attached hydrogens (tertiary/aromatic N) is 2. The van der Waals surface area contributed by atoms with Crippen LogP contribution in [0.15, 0.2) is 48.7 Å². The van der Waals surface area contributed by atoms with Gasteiger partial charge in [-0.3, -0.25) is 5.10 Å². The summed E-state index contributed by atoms with van der Waals surface area (Å²) in [5.74, 6) is -0.215. The molecule has 1 fully saturated rings. The van der Waals surface area contributed by atoms with Gasteiger partial charge < -0.3 is 5.32 Å². The molecule has 2 unspecified atom stereocenters. The molecule has 1 aromatic heterocycles. The molecule has 2 N–H and O–H groups in total. The first-order valence-corrected chi connectivity index (χ1v) is 7.40. The second kappa shape index (κ2) is 5.51. The normalized spacial score (nSPS) is 22.0. The molecule has 0 saturated carbocycles. The van der Waals surface area contributed by atoms with Crippen LogP contribution in [0.25, 0.3) is 10.9 Å². The van der Waals surface area contributed by atoms with Gasteiger partial charge in [0.2, 0.25) is 0 Å². The number of aromatic amines is 1. The second-order valence-corrected chi connectivity index (χ2v) is 5.55. The number of nitrogens with one attached hydrogen (secondary N) is 2. The van der Waals surface area contributed by atoms with Crippen LogP contribution in [0.5, 0.6) is 0 Å². The van der Waals surface area contributed by atoms with E-state index in [1.54, 1.807) is 0 Å². The largest absolute Gasteiger partial charge is 0.307 e. The van der Waals surface area contributed by atoms with Crippen molar-refractivity contribution in [2.24, 2.45) is 0 Å². The Balaban J connectivity index is 1.71. The molecular formula is C17H16FN4. The molecule has 0 aliphatic carbocycles. The maximum absolute atomic E-state index is 13.2. The molecule has 1 radical (unpaired) electrons. The number of benzene rings is 2. The number of aromatic nitrogens is 2. The first-order valence-electron chi connectivity index (χ1n) is 7.40. The lowest BCUT2D eigenvalue weighted by Gasteiger charge is -2.33. The van der Waals surface area contributed by atoms with Gasteiger partial charge in [0.05, 0.1) is 23.8 Å². The summed E-state index contributed by atoms with van der Waals surface area (Å²) in [6, 6.07) is 13.0. The molecular weight excluding hydrogens is 279 g/mol. The fourth-order valence-corrected chi connectivity index (χ4v) is 3.05. The zero-order valence-electron chi connectivity index (χ0n) is 12.0. The Morgan fingerprint density at radius 1 is 1.05 bits per heavy atom. The van der Waals surface area contributed by atoms with Crippen molar-refractivity contribution in [3.63, 3.8) is 0 Å². The lowest BCUT2D eigenvalue weighted by Crippen LogP contribution is -2.41. The van der Waals surface area contributed by atoms with E-state index >= 15 is 0 Å². The van der Waals surface area contributed by atoms with Crippen molar-refractivity contribution in [1.29, 1.82) is 0 Å². The fraction of sp³-hybridized carbons (Fsp3) is 0.235. The van der Waals surface area contributed by atoms with E-state index in [9.17, 15) is 4.39 Å². The van der Waals surface area contributed by atoms with Crippen molar-refractivity contribution in [1.82, 2.24) is 20.8 Å². The van der Waals surface area contributed by atoms with Gasteiger partial charge in [-0.1, -0.05) is 18.2 Å². The maximum atomic E-state index is 13.2. The van der Waals surface area contributed by atoms with Gasteiger partial charge in [-0.25, -0.2) is 9.71 Å². The number of hydrogen-bond donors (Lipinski definition) is 2. The molecule has 2 heterocycles. The maximum Gasteiger partial charge on any atom is 0.123 e. The Hall–Kier alpha value is -2.24. The van der Waals surface area contributed by atoms with Crippen LogP contribution in [-0.4, -0.2) is 23.3 Å². The average molecular weight is 295 g/mol. The summed E-state index contributed by atoms with van der Waals surface area (Å²) in [5, 5.41) is 16.4. The first kappa shape index (κ1) is 13.4. The highest BCUT2D eigenvalue weighted by Crippen LogP contribution is 2.32. The third-order valence-corrected chi connectivity index (χ3v) is 4.15. The van der Waals surface area contributed by atoms with Crippen molar-refractivity contribution >= 4 is 10.9 Å². The van der Waals surface area contributed by atoms with Crippen LogP contribution in [0.1, 0.15) is 23.2 Å². The molecule has 1 aliphatic heterocycles. The highest BCUT2D eigenvalue weighted by Gasteiger charge is 2.28. The van der Waals surface area contributed by atoms with Crippen LogP contribution < -0.4 is 10.6 Å². The number of rotatable bonds is 2. The van der Waals surface area contributed by atoms with Crippen LogP contribution in [-0.2, 0) is 0 Å². The Kier molecular flexibility index (Phi) is 3.36. The third kappa shape index (κ3) is 2.38. The summed E-state index contributed by atoms with van der Waals surface area (Å²) >= 11 is 0. The van der Waals surface area contributed by atoms with Gasteiger partial charge in [0.15, 0.2) is 0 Å². The van der Waals surface area contributed by atoms with Crippen LogP contribution >= 0.6 is 0 Å². The Bertz CT molecular complexity index is 781. The molecule has 2 aromatic carbocycles. The van der Waals surface area contributed by atoms with E-state index in [0.717, 1.165) is 35.1 Å². The van der Waals surface area contributed by atoms with Crippen LogP contribution in [0.4, 0.5) is 4.39 Å². The lowest BCUT2D eigenvalue weighted by atomic mass is 9.91. The zero-order chi connectivity index (χ0) is 14.9. The average Bonchev–Trinajstić information content (AvgIpc) is 3.03. The van der Waals surface area contributed by atoms with Gasteiger partial charge in [-0.2, -0.15) is 5.10 Å². The van der Waals surface area contributed by atoms with Gasteiger partial charge in [0, 0.05) is 18.5 Å². The van der Waals surface area contributed by atoms with E-state index < -0.39 is 0 Å². The summed E-state index contributed by atoms with van der Waals surface area (Å²) in [4.78, 5) is 0. The molecule has 2 atom stereocenters. The molecule has 4 rings (SSSR count). The number of halogens is 1. The summed E-state index contributed by atoms with van der Waals surface area (Å²) < 4.78 is 13.2. The summed E-state index contributed by atoms with van der Waals surface area (Å²) in [6.45, 7) is 1.62. The third-order valence-electron chi connectivity index (χ3n) is 4.15. The minimum atomic E-state index is -0.215. The molecule has 3 aromatic rings. The minimum Gasteiger partial charge on any atom is -0.307 e. The Labute approximate surface area is 127 Å². The van der Waals surface area contributed by atoms with Crippen LogP contribution in [0, 0.1) is 5.82 Å². The molecule has 0 bridgehead atoms. The molecule has 0 amide bonds. The fourth-order valence-electron chi connectivity index (χ4n) is 3.05. The molecule has 4 nitrogen and oxygen atoms in total. The monoisotopic (exact) mass is 295 g/mol. The van der Waals surface area contributed by atoms with E-state index in [0.29, 0.717) is 0 Å². The second-order valence-electron chi connectivity index (χ2n) is 5.55. The predicted octanol–water partition coefficient (Wildman–Crippen LogP) is 2.69. The number of piperazine rings is 1. The van der Waals surface area contributed by atoms with E-state index in [1.807, 2.05) is 24.4 Å². The topological polar surface area (TPSA) is 54.8 Å². The van der Waals surface area contributed by atoms with Gasteiger partial charge in [-0.15, -0.1) is 0 Å². The van der Waals surface area contributed by atoms with Crippen LogP contribution in [0.3, 0.4) is 0 Å². The van der Waals surface area contributed by atoms with Crippen molar-refractivity contribution in [2.75, 3.05) is 13.1 Å². The summed E-state index contributed by atoms with van der Waals surface area (Å²) in [7, 11) is 0. The molecule has 1 aliphatic rings. The highest BCUT2D eigenvalue weighted by molar-refractivity contribution is 5.78. The molecule has 1 saturated heterocycles. The van der Waals surface area contributed by atoms with Crippen molar-refractivity contribution in [2.45, 2.75) is 12.1 Å². The van der Waals surface area contributed by atoms with Crippen molar-refractivity contribution in [3.05, 3.63) is 65.6 Å². The van der Waals surface area contributed by atoms with Gasteiger partial charge in [-0.05, 0) is 35.4 Å². The predicted molar refractivity (Wildman–Crippen MR) is 83.0 cm³/mol. The Morgan fingerprint density at radius 3 is 2.73 bits per heavy atom. The summed E-state index contributed by atoms with van der Waals surface area (Å²) in [6.07, 6.45) is 1.82. The first-order chi connectivity index (χ1) is 10.8. The minimum absolute atomic E-state index is 0.0264. The van der Waals surface area contributed by atoms with Crippen LogP contribution in [0.2, 0.25) is 0 Å². The molecule has 5 heteroatoms. The quantitative estimate of drug-likeness (QED) is 0.763. The highest BCUT2D eigenvalue weighted by atomic mass is 19.1. The smallest absolute Gasteiger partial charge is 0.123 e. The summed E-state index contributed by atoms with van der Waals surface area (Å²) in [5.41, 5.74) is 3.23. The number of H-pyrrole nitrogens is 1. The Morgan fingerprint density at radius 2 is 1.86 bits per heavy atom. The van der Waals surface area contributed by atoms with Crippen molar-refractivity contribution in [3.8, 4) is 0 Å². The van der Waals surface area contributed by atoms with E-state index in [1.165, 1.54) is 12.1 Å². The number of fused-ring (bicyclic) bond motifs is 1. The van der Waals surface area contributed by atoms with Gasteiger partial charge in [0.1, 0.15) is 5.82 Å².